The molecule has 0 unspecified atom stereocenters. The molecule has 0 aromatic heterocycles. The fourth-order valence-electron chi connectivity index (χ4n) is 12.4. The summed E-state index contributed by atoms with van der Waals surface area (Å²) in [6, 6.07) is 102. The Morgan fingerprint density at radius 2 is 0.639 bits per heavy atom. The number of benzene rings is 11. The monoisotopic (exact) mass is 953 g/mol. The Labute approximate surface area is 430 Å². The van der Waals surface area contributed by atoms with Gasteiger partial charge in [-0.05, 0) is 144 Å². The van der Waals surface area contributed by atoms with Crippen molar-refractivity contribution in [2.24, 2.45) is 0 Å². The molecule has 1 aliphatic heterocycles. The van der Waals surface area contributed by atoms with Gasteiger partial charge in [-0.15, -0.1) is 23.5 Å². The van der Waals surface area contributed by atoms with Crippen LogP contribution in [-0.4, -0.2) is 5.08 Å². The molecule has 0 spiro atoms. The second-order valence-corrected chi connectivity index (χ2v) is 21.4. The van der Waals surface area contributed by atoms with Crippen molar-refractivity contribution in [1.82, 2.24) is 0 Å². The Kier molecular flexibility index (Phi) is 10.3. The van der Waals surface area contributed by atoms with E-state index in [0.717, 1.165) is 22.1 Å². The Bertz CT molecular complexity index is 3540. The minimum absolute atomic E-state index is 0.475. The highest BCUT2D eigenvalue weighted by molar-refractivity contribution is 8.18. The van der Waals surface area contributed by atoms with E-state index >= 15 is 0 Å². The Balaban J connectivity index is 0.918. The zero-order chi connectivity index (χ0) is 47.6. The maximum atomic E-state index is 2.47. The number of rotatable bonds is 9. The second-order valence-electron chi connectivity index (χ2n) is 19.0. The van der Waals surface area contributed by atoms with E-state index in [1.54, 1.807) is 0 Å². The average molecular weight is 954 g/mol. The number of nitrogens with zero attached hydrogens (tertiary/aromatic N) is 1. The lowest BCUT2D eigenvalue weighted by molar-refractivity contribution is 0.769. The van der Waals surface area contributed by atoms with Gasteiger partial charge in [0.2, 0.25) is 0 Å². The zero-order valence-electron chi connectivity index (χ0n) is 39.5. The predicted molar refractivity (Wildman–Crippen MR) is 303 cm³/mol. The minimum Gasteiger partial charge on any atom is -0.310 e. The first-order chi connectivity index (χ1) is 35.7. The normalized spacial score (nSPS) is 14.2. The van der Waals surface area contributed by atoms with Crippen LogP contribution >= 0.6 is 23.5 Å². The van der Waals surface area contributed by atoms with Crippen molar-refractivity contribution in [1.29, 1.82) is 0 Å². The fourth-order valence-corrected chi connectivity index (χ4v) is 14.8. The van der Waals surface area contributed by atoms with E-state index in [9.17, 15) is 0 Å². The van der Waals surface area contributed by atoms with Gasteiger partial charge in [-0.2, -0.15) is 0 Å². The summed E-state index contributed by atoms with van der Waals surface area (Å²) in [4.78, 5) is 5.15. The lowest BCUT2D eigenvalue weighted by Gasteiger charge is -2.34. The Morgan fingerprint density at radius 1 is 0.264 bits per heavy atom. The summed E-state index contributed by atoms with van der Waals surface area (Å²) in [6.07, 6.45) is 0. The molecule has 0 atom stereocenters. The van der Waals surface area contributed by atoms with Crippen molar-refractivity contribution in [3.8, 4) is 44.5 Å². The quantitative estimate of drug-likeness (QED) is 0.142. The zero-order valence-corrected chi connectivity index (χ0v) is 41.1. The van der Waals surface area contributed by atoms with Crippen LogP contribution in [0.4, 0.5) is 17.1 Å². The van der Waals surface area contributed by atoms with Crippen LogP contribution in [0, 0.1) is 0 Å². The Morgan fingerprint density at radius 3 is 1.10 bits per heavy atom. The van der Waals surface area contributed by atoms with Crippen LogP contribution in [0.2, 0.25) is 0 Å². The van der Waals surface area contributed by atoms with Crippen LogP contribution < -0.4 is 4.90 Å². The summed E-state index contributed by atoms with van der Waals surface area (Å²) < 4.78 is 0. The highest BCUT2D eigenvalue weighted by Crippen LogP contribution is 2.59. The first-order valence-corrected chi connectivity index (χ1v) is 26.8. The summed E-state index contributed by atoms with van der Waals surface area (Å²) in [5, 5.41) is 1.04. The molecule has 1 heterocycles. The third-order valence-corrected chi connectivity index (χ3v) is 17.8. The molecule has 72 heavy (non-hydrogen) atoms. The van der Waals surface area contributed by atoms with Crippen molar-refractivity contribution in [2.75, 3.05) is 9.98 Å². The summed E-state index contributed by atoms with van der Waals surface area (Å²) in [6.45, 7) is 0. The Hall–Kier alpha value is -8.08. The van der Waals surface area contributed by atoms with Crippen molar-refractivity contribution < 1.29 is 0 Å². The van der Waals surface area contributed by atoms with Gasteiger partial charge in [0, 0.05) is 31.9 Å². The maximum Gasteiger partial charge on any atom is 0.0713 e. The number of hydrogen-bond donors (Lipinski definition) is 0. The van der Waals surface area contributed by atoms with Gasteiger partial charge in [-0.3, -0.25) is 0 Å². The standard InChI is InChI=1S/C69H47NS2/c1-5-21-51(22-6-1)68(52-23-7-2-8-24-52)62-33-15-13-31-58(62)60-38-35-49(43-64(60)68)47-19-17-29-55(41-47)70(57-37-40-66-67(45-57)72-46-71-66)56-30-18-20-48(42-56)50-36-39-61-59-32-14-16-34-63(59)69(65(61)44-50,53-25-9-3-10-26-53)54-27-11-4-12-28-54/h1-45H,46H2. The molecule has 0 N–H and O–H groups in total. The molecule has 11 aromatic rings. The van der Waals surface area contributed by atoms with Gasteiger partial charge < -0.3 is 4.90 Å². The molecular weight excluding hydrogens is 907 g/mol. The molecule has 0 fully saturated rings. The van der Waals surface area contributed by atoms with Gasteiger partial charge in [0.1, 0.15) is 0 Å². The van der Waals surface area contributed by atoms with Crippen LogP contribution in [0.1, 0.15) is 44.5 Å². The van der Waals surface area contributed by atoms with Gasteiger partial charge in [-0.1, -0.05) is 218 Å². The molecule has 0 amide bonds. The van der Waals surface area contributed by atoms with Gasteiger partial charge in [0.15, 0.2) is 0 Å². The van der Waals surface area contributed by atoms with Crippen LogP contribution in [0.25, 0.3) is 44.5 Å². The molecule has 14 rings (SSSR count). The van der Waals surface area contributed by atoms with E-state index in [-0.39, 0.29) is 0 Å². The molecule has 0 radical (unpaired) electrons. The molecule has 3 heteroatoms. The van der Waals surface area contributed by atoms with Gasteiger partial charge in [0.25, 0.3) is 0 Å². The lowest BCUT2D eigenvalue weighted by atomic mass is 9.67. The van der Waals surface area contributed by atoms with Crippen LogP contribution in [0.15, 0.2) is 283 Å². The SMILES string of the molecule is c1ccc(C2(c3ccccc3)c3ccccc3-c3ccc(-c4cccc(N(c5cccc(-c6ccc7c(c6)C(c6ccccc6)(c6ccccc6)c6ccccc6-7)c5)c5ccc6c(c5)SCS6)c4)cc32)cc1. The van der Waals surface area contributed by atoms with Crippen molar-refractivity contribution in [3.63, 3.8) is 0 Å². The van der Waals surface area contributed by atoms with E-state index in [0.29, 0.717) is 0 Å². The lowest BCUT2D eigenvalue weighted by Crippen LogP contribution is -2.28. The number of fused-ring (bicyclic) bond motifs is 7. The number of hydrogen-bond acceptors (Lipinski definition) is 3. The van der Waals surface area contributed by atoms with E-state index in [4.69, 9.17) is 0 Å². The predicted octanol–water partition coefficient (Wildman–Crippen LogP) is 18.4. The average Bonchev–Trinajstić information content (AvgIpc) is 4.14. The maximum absolute atomic E-state index is 2.47. The highest BCUT2D eigenvalue weighted by Gasteiger charge is 2.47. The first kappa shape index (κ1) is 42.8. The van der Waals surface area contributed by atoms with E-state index in [2.05, 4.69) is 278 Å². The van der Waals surface area contributed by atoms with Crippen LogP contribution in [-0.2, 0) is 10.8 Å². The second kappa shape index (κ2) is 17.3. The van der Waals surface area contributed by atoms with Gasteiger partial charge >= 0.3 is 0 Å². The smallest absolute Gasteiger partial charge is 0.0713 e. The third-order valence-electron chi connectivity index (χ3n) is 15.4. The minimum atomic E-state index is -0.475. The number of anilines is 3. The third kappa shape index (κ3) is 6.58. The van der Waals surface area contributed by atoms with E-state index < -0.39 is 10.8 Å². The first-order valence-electron chi connectivity index (χ1n) is 24.8. The number of thioether (sulfide) groups is 2. The molecule has 0 saturated heterocycles. The summed E-state index contributed by atoms with van der Waals surface area (Å²) in [7, 11) is 0. The molecular formula is C69H47NS2. The molecule has 0 saturated carbocycles. The summed E-state index contributed by atoms with van der Waals surface area (Å²) >= 11 is 3.86. The highest BCUT2D eigenvalue weighted by atomic mass is 32.2. The van der Waals surface area contributed by atoms with Crippen LogP contribution in [0.5, 0.6) is 0 Å². The molecule has 3 aliphatic rings. The van der Waals surface area contributed by atoms with Crippen molar-refractivity contribution >= 4 is 40.6 Å². The summed E-state index contributed by atoms with van der Waals surface area (Å²) in [5.74, 6) is 0. The largest absolute Gasteiger partial charge is 0.310 e. The molecule has 1 nitrogen and oxygen atoms in total. The fraction of sp³-hybridized carbons (Fsp3) is 0.0435. The van der Waals surface area contributed by atoms with Crippen LogP contribution in [0.3, 0.4) is 0 Å². The topological polar surface area (TPSA) is 3.24 Å². The molecule has 340 valence electrons. The van der Waals surface area contributed by atoms with Gasteiger partial charge in [-0.25, -0.2) is 0 Å². The van der Waals surface area contributed by atoms with Crippen molar-refractivity contribution in [2.45, 2.75) is 20.6 Å². The van der Waals surface area contributed by atoms with Crippen molar-refractivity contribution in [3.05, 3.63) is 317 Å². The van der Waals surface area contributed by atoms with Gasteiger partial charge in [0.05, 0.1) is 10.8 Å². The van der Waals surface area contributed by atoms with E-state index in [1.165, 1.54) is 98.8 Å². The molecule has 0 bridgehead atoms. The summed E-state index contributed by atoms with van der Waals surface area (Å²) in [5.41, 5.74) is 22.6. The molecule has 11 aromatic carbocycles. The van der Waals surface area contributed by atoms with E-state index in [1.807, 2.05) is 23.5 Å². The molecule has 2 aliphatic carbocycles.